The van der Waals surface area contributed by atoms with E-state index in [1.54, 1.807) is 0 Å². The minimum Gasteiger partial charge on any atom is -0.542 e. The average molecular weight is 435 g/mol. The Morgan fingerprint density at radius 2 is 0.607 bits per heavy atom. The largest absolute Gasteiger partial charge is 3.00 e. The average Bonchev–Trinajstić information content (AvgIpc) is 2.46. The van der Waals surface area contributed by atoms with E-state index in [4.69, 9.17) is 0 Å². The van der Waals surface area contributed by atoms with Crippen molar-refractivity contribution in [3.05, 3.63) is 0 Å². The first kappa shape index (κ1) is 32.8. The van der Waals surface area contributed by atoms with Crippen LogP contribution in [0, 0.1) is 0 Å². The fourth-order valence-electron chi connectivity index (χ4n) is 0.895. The van der Waals surface area contributed by atoms with Gasteiger partial charge in [0, 0.05) is 0 Å². The van der Waals surface area contributed by atoms with Crippen molar-refractivity contribution in [3.63, 3.8) is 0 Å². The molecule has 0 aromatic carbocycles. The topological polar surface area (TPSA) is 223 Å². The predicted molar refractivity (Wildman–Crippen MR) is 75.9 cm³/mol. The van der Waals surface area contributed by atoms with Crippen molar-refractivity contribution in [2.75, 3.05) is 0 Å². The van der Waals surface area contributed by atoms with Crippen molar-refractivity contribution in [1.29, 1.82) is 0 Å². The summed E-state index contributed by atoms with van der Waals surface area (Å²) in [6.45, 7) is 3.42. The van der Waals surface area contributed by atoms with Crippen molar-refractivity contribution in [2.45, 2.75) is 40.0 Å². The first-order valence-electron chi connectivity index (χ1n) is 6.82. The van der Waals surface area contributed by atoms with Crippen LogP contribution in [-0.4, -0.2) is 52.6 Å². The molecular weight excluding hydrogens is 420 g/mol. The second kappa shape index (κ2) is 17.6. The minimum absolute atomic E-state index is 0. The molecule has 0 amide bonds. The molecule has 13 heteroatoms. The second-order valence-corrected chi connectivity index (χ2v) is 4.77. The van der Waals surface area contributed by atoms with Gasteiger partial charge in [0.15, 0.2) is 17.3 Å². The molecule has 0 atom stereocenters. The molecule has 0 aromatic rings. The number of carboxylic acid groups (broad SMARTS) is 3. The zero-order valence-electron chi connectivity index (χ0n) is 15.0. The molecule has 0 spiro atoms. The molecule has 0 unspecified atom stereocenters. The van der Waals surface area contributed by atoms with Crippen LogP contribution in [0.25, 0.3) is 0 Å². The van der Waals surface area contributed by atoms with Crippen LogP contribution >= 0.6 is 0 Å². The molecule has 0 fully saturated rings. The number of carbonyl (C=O) groups is 9. The van der Waals surface area contributed by atoms with E-state index < -0.39 is 71.9 Å². The summed E-state index contributed by atoms with van der Waals surface area (Å²) in [5, 5.41) is 28.9. The van der Waals surface area contributed by atoms with E-state index in [1.807, 2.05) is 0 Å². The monoisotopic (exact) mass is 435 g/mol. The van der Waals surface area contributed by atoms with Gasteiger partial charge in [-0.3, -0.25) is 28.8 Å². The van der Waals surface area contributed by atoms with Gasteiger partial charge >= 0.3 is 21.7 Å². The van der Waals surface area contributed by atoms with Gasteiger partial charge in [-0.1, -0.05) is 0 Å². The summed E-state index contributed by atoms with van der Waals surface area (Å²) in [4.78, 5) is 89.2. The maximum absolute atomic E-state index is 10.1. The molecule has 0 aliphatic carbocycles. The number of ketones is 6. The smallest absolute Gasteiger partial charge is 0.542 e. The summed E-state index contributed by atoms with van der Waals surface area (Å²) in [5.74, 6) is -10.3. The molecule has 1 radical (unpaired) electrons. The molecule has 0 bridgehead atoms. The van der Waals surface area contributed by atoms with Gasteiger partial charge in [0.25, 0.3) is 0 Å². The molecule has 28 heavy (non-hydrogen) atoms. The Kier molecular flexibility index (Phi) is 20.6. The van der Waals surface area contributed by atoms with E-state index in [9.17, 15) is 58.5 Å². The van der Waals surface area contributed by atoms with E-state index >= 15 is 0 Å². The van der Waals surface area contributed by atoms with Crippen LogP contribution in [-0.2, 0) is 64.9 Å². The Balaban J connectivity index is -0.000000152. The van der Waals surface area contributed by atoms with Gasteiger partial charge < -0.3 is 29.7 Å². The number of carbonyl (C=O) groups excluding carboxylic acids is 9. The van der Waals surface area contributed by atoms with Gasteiger partial charge in [0.1, 0.15) is 35.3 Å². The van der Waals surface area contributed by atoms with E-state index in [0.717, 1.165) is 20.8 Å². The summed E-state index contributed by atoms with van der Waals surface area (Å²) in [6, 6.07) is 0. The number of hydrogen-bond donors (Lipinski definition) is 0. The van der Waals surface area contributed by atoms with Crippen LogP contribution in [0.1, 0.15) is 40.0 Å². The van der Waals surface area contributed by atoms with Crippen LogP contribution in [0.4, 0.5) is 0 Å². The van der Waals surface area contributed by atoms with Crippen molar-refractivity contribution in [1.82, 2.24) is 0 Å². The van der Waals surface area contributed by atoms with E-state index in [-0.39, 0.29) is 21.7 Å². The predicted octanol–water partition coefficient (Wildman–Crippen LogP) is -5.15. The maximum Gasteiger partial charge on any atom is 3.00 e. The zero-order chi connectivity index (χ0) is 22.3. The number of hydrogen-bond acceptors (Lipinski definition) is 12. The van der Waals surface area contributed by atoms with Crippen molar-refractivity contribution >= 4 is 52.6 Å². The third kappa shape index (κ3) is 25.4. The van der Waals surface area contributed by atoms with Gasteiger partial charge in [-0.2, -0.15) is 0 Å². The van der Waals surface area contributed by atoms with Crippen molar-refractivity contribution < 1.29 is 80.2 Å². The molecule has 0 saturated carbocycles. The number of aliphatic carboxylic acids is 3. The molecule has 0 aliphatic rings. The molecule has 0 saturated heterocycles. The Hall–Kier alpha value is -2.86. The molecule has 0 heterocycles. The Morgan fingerprint density at radius 3 is 0.643 bits per heavy atom. The number of rotatable bonds is 9. The van der Waals surface area contributed by atoms with Crippen LogP contribution in [0.2, 0.25) is 0 Å². The van der Waals surface area contributed by atoms with Gasteiger partial charge in [-0.05, 0) is 20.8 Å². The van der Waals surface area contributed by atoms with Gasteiger partial charge in [-0.15, -0.1) is 0 Å². The SMILES string of the molecule is CC(=O)CC(=O)C(=O)[O-].CC(=O)CC(=O)C(=O)[O-].CC(=O)CC(=O)C(=O)[O-].[Ti+3]. The summed E-state index contributed by atoms with van der Waals surface area (Å²) in [5.41, 5.74) is 0. The molecule has 0 aromatic heterocycles. The normalized spacial score (nSPS) is 8.25. The summed E-state index contributed by atoms with van der Waals surface area (Å²) in [6.07, 6.45) is -1.70. The van der Waals surface area contributed by atoms with E-state index in [2.05, 4.69) is 0 Å². The van der Waals surface area contributed by atoms with E-state index in [1.165, 1.54) is 0 Å². The van der Waals surface area contributed by atoms with Gasteiger partial charge in [0.05, 0.1) is 19.3 Å². The third-order valence-corrected chi connectivity index (χ3v) is 1.91. The van der Waals surface area contributed by atoms with Crippen molar-refractivity contribution in [3.8, 4) is 0 Å². The maximum atomic E-state index is 10.1. The summed E-state index contributed by atoms with van der Waals surface area (Å²) >= 11 is 0. The number of Topliss-reactive ketones (excluding diaryl/α,β-unsaturated/α-hetero) is 6. The number of carboxylic acids is 3. The molecular formula is C15H15O12Ti. The Labute approximate surface area is 173 Å². The van der Waals surface area contributed by atoms with Gasteiger partial charge in [0.2, 0.25) is 0 Å². The minimum atomic E-state index is -1.80. The second-order valence-electron chi connectivity index (χ2n) is 4.77. The fourth-order valence-corrected chi connectivity index (χ4v) is 0.895. The first-order valence-corrected chi connectivity index (χ1v) is 6.82. The molecule has 151 valence electrons. The first-order chi connectivity index (χ1) is 12.1. The Morgan fingerprint density at radius 1 is 0.464 bits per heavy atom. The van der Waals surface area contributed by atoms with Crippen molar-refractivity contribution in [2.24, 2.45) is 0 Å². The fraction of sp³-hybridized carbons (Fsp3) is 0.400. The standard InChI is InChI=1S/3C5H6O4.Ti/c3*1-3(6)2-4(7)5(8)9;/h3*2H2,1H3,(H,8,9);/q;;;+3/p-3. The summed E-state index contributed by atoms with van der Waals surface area (Å²) in [7, 11) is 0. The van der Waals surface area contributed by atoms with Gasteiger partial charge in [-0.25, -0.2) is 0 Å². The molecule has 0 aliphatic heterocycles. The molecule has 12 nitrogen and oxygen atoms in total. The van der Waals surface area contributed by atoms with Crippen LogP contribution < -0.4 is 15.3 Å². The molecule has 0 N–H and O–H groups in total. The van der Waals surface area contributed by atoms with Crippen LogP contribution in [0.5, 0.6) is 0 Å². The third-order valence-electron chi connectivity index (χ3n) is 1.91. The van der Waals surface area contributed by atoms with Crippen LogP contribution in [0.15, 0.2) is 0 Å². The molecule has 0 rings (SSSR count). The Bertz CT molecular complexity index is 572. The summed E-state index contributed by atoms with van der Waals surface area (Å²) < 4.78 is 0. The quantitative estimate of drug-likeness (QED) is 0.188. The van der Waals surface area contributed by atoms with Crippen LogP contribution in [0.3, 0.4) is 0 Å². The zero-order valence-corrected chi connectivity index (χ0v) is 16.6. The van der Waals surface area contributed by atoms with E-state index in [0.29, 0.717) is 0 Å².